The molecule has 4 rings (SSSR count). The largest absolute Gasteiger partial charge is 0.381 e. The summed E-state index contributed by atoms with van der Waals surface area (Å²) < 4.78 is 7.66. The summed E-state index contributed by atoms with van der Waals surface area (Å²) in [5.41, 5.74) is 1.21. The van der Waals surface area contributed by atoms with Crippen molar-refractivity contribution >= 4 is 16.9 Å². The lowest BCUT2D eigenvalue weighted by atomic mass is 9.76. The molecular formula is C17H25N5O. The Bertz CT molecular complexity index is 727. The summed E-state index contributed by atoms with van der Waals surface area (Å²) >= 11 is 0. The summed E-state index contributed by atoms with van der Waals surface area (Å²) in [7, 11) is 3.80. The number of aromatic nitrogens is 4. The van der Waals surface area contributed by atoms with Gasteiger partial charge in [0.25, 0.3) is 0 Å². The number of aryl methyl sites for hydroxylation is 2. The molecule has 2 fully saturated rings. The number of rotatable bonds is 2. The van der Waals surface area contributed by atoms with E-state index < -0.39 is 0 Å². The third kappa shape index (κ3) is 2.31. The Kier molecular flexibility index (Phi) is 3.52. The summed E-state index contributed by atoms with van der Waals surface area (Å²) in [5, 5.41) is 5.43. The zero-order valence-corrected chi connectivity index (χ0v) is 14.2. The van der Waals surface area contributed by atoms with E-state index in [0.717, 1.165) is 35.8 Å². The lowest BCUT2D eigenvalue weighted by Gasteiger charge is -2.44. The Morgan fingerprint density at radius 3 is 2.91 bits per heavy atom. The summed E-state index contributed by atoms with van der Waals surface area (Å²) in [6.45, 7) is 4.05. The summed E-state index contributed by atoms with van der Waals surface area (Å²) in [5.74, 6) is 1.85. The van der Waals surface area contributed by atoms with Crippen molar-refractivity contribution in [3.63, 3.8) is 0 Å². The second-order valence-electron chi connectivity index (χ2n) is 7.10. The number of anilines is 1. The van der Waals surface area contributed by atoms with E-state index in [1.165, 1.54) is 32.1 Å². The molecule has 1 saturated heterocycles. The number of hydrogen-bond acceptors (Lipinski definition) is 5. The molecule has 2 atom stereocenters. The van der Waals surface area contributed by atoms with Crippen molar-refractivity contribution in [1.29, 1.82) is 0 Å². The van der Waals surface area contributed by atoms with Crippen LogP contribution in [-0.4, -0.2) is 46.1 Å². The van der Waals surface area contributed by atoms with Gasteiger partial charge >= 0.3 is 0 Å². The second kappa shape index (κ2) is 5.44. The average molecular weight is 315 g/mol. The summed E-state index contributed by atoms with van der Waals surface area (Å²) in [6, 6.07) is 0. The van der Waals surface area contributed by atoms with E-state index in [9.17, 15) is 0 Å². The predicted octanol–water partition coefficient (Wildman–Crippen LogP) is 2.46. The number of fused-ring (bicyclic) bond motifs is 1. The van der Waals surface area contributed by atoms with Gasteiger partial charge in [0.05, 0.1) is 17.7 Å². The van der Waals surface area contributed by atoms with Crippen LogP contribution in [0, 0.1) is 12.3 Å². The molecule has 1 aliphatic heterocycles. The summed E-state index contributed by atoms with van der Waals surface area (Å²) in [6.07, 6.45) is 8.48. The third-order valence-electron chi connectivity index (χ3n) is 5.70. The smallest absolute Gasteiger partial charge is 0.163 e. The number of hydrogen-bond donors (Lipinski definition) is 0. The van der Waals surface area contributed by atoms with Crippen molar-refractivity contribution < 1.29 is 4.74 Å². The van der Waals surface area contributed by atoms with Gasteiger partial charge in [-0.3, -0.25) is 4.68 Å². The molecule has 0 radical (unpaired) electrons. The summed E-state index contributed by atoms with van der Waals surface area (Å²) in [4.78, 5) is 11.8. The van der Waals surface area contributed by atoms with Gasteiger partial charge in [0.15, 0.2) is 5.65 Å². The van der Waals surface area contributed by atoms with Gasteiger partial charge in [-0.15, -0.1) is 0 Å². The normalized spacial score (nSPS) is 28.1. The molecule has 0 amide bonds. The lowest BCUT2D eigenvalue weighted by Crippen LogP contribution is -2.48. The topological polar surface area (TPSA) is 56.1 Å². The van der Waals surface area contributed by atoms with Crippen molar-refractivity contribution in [2.45, 2.75) is 45.1 Å². The van der Waals surface area contributed by atoms with E-state index >= 15 is 0 Å². The fourth-order valence-electron chi connectivity index (χ4n) is 4.64. The standard InChI is InChI=1S/C17H25N5O/c1-12-19-15-13(10-18-21(15)2)16(20-12)22-9-5-8-17(11-22)7-4-6-14(17)23-3/h10,14H,4-9,11H2,1-3H3/t14-,17-/m1/s1. The van der Waals surface area contributed by atoms with Gasteiger partial charge in [-0.1, -0.05) is 6.42 Å². The average Bonchev–Trinajstić information content (AvgIpc) is 3.11. The maximum atomic E-state index is 5.83. The van der Waals surface area contributed by atoms with Crippen molar-refractivity contribution in [2.24, 2.45) is 12.5 Å². The second-order valence-corrected chi connectivity index (χ2v) is 7.10. The minimum absolute atomic E-state index is 0.292. The predicted molar refractivity (Wildman–Crippen MR) is 89.6 cm³/mol. The molecule has 1 spiro atoms. The lowest BCUT2D eigenvalue weighted by molar-refractivity contribution is 0.00220. The van der Waals surface area contributed by atoms with E-state index in [1.807, 2.05) is 32.0 Å². The Labute approximate surface area is 136 Å². The first-order valence-electron chi connectivity index (χ1n) is 8.57. The molecule has 0 N–H and O–H groups in total. The zero-order chi connectivity index (χ0) is 16.0. The number of nitrogens with zero attached hydrogens (tertiary/aromatic N) is 5. The Balaban J connectivity index is 1.73. The van der Waals surface area contributed by atoms with Gasteiger partial charge in [0.1, 0.15) is 11.6 Å². The Hall–Kier alpha value is -1.69. The van der Waals surface area contributed by atoms with Gasteiger partial charge in [0, 0.05) is 32.7 Å². The highest BCUT2D eigenvalue weighted by Gasteiger charge is 2.46. The van der Waals surface area contributed by atoms with Crippen molar-refractivity contribution in [1.82, 2.24) is 19.7 Å². The van der Waals surface area contributed by atoms with Crippen molar-refractivity contribution in [3.8, 4) is 0 Å². The van der Waals surface area contributed by atoms with E-state index in [1.54, 1.807) is 0 Å². The van der Waals surface area contributed by atoms with Crippen LogP contribution in [0.2, 0.25) is 0 Å². The van der Waals surface area contributed by atoms with Gasteiger partial charge in [-0.05, 0) is 32.6 Å². The molecule has 6 nitrogen and oxygen atoms in total. The number of piperidine rings is 1. The molecule has 6 heteroatoms. The first-order chi connectivity index (χ1) is 11.1. The first kappa shape index (κ1) is 14.9. The molecule has 124 valence electrons. The maximum absolute atomic E-state index is 5.83. The van der Waals surface area contributed by atoms with Crippen LogP contribution >= 0.6 is 0 Å². The molecule has 0 unspecified atom stereocenters. The van der Waals surface area contributed by atoms with Crippen LogP contribution in [-0.2, 0) is 11.8 Å². The van der Waals surface area contributed by atoms with Crippen LogP contribution in [0.15, 0.2) is 6.20 Å². The minimum atomic E-state index is 0.292. The molecule has 1 saturated carbocycles. The SMILES string of the molecule is CO[C@@H]1CCC[C@]12CCCN(c1nc(C)nc3c1cnn3C)C2. The number of methoxy groups -OCH3 is 1. The van der Waals surface area contributed by atoms with E-state index in [-0.39, 0.29) is 0 Å². The Morgan fingerprint density at radius 1 is 1.26 bits per heavy atom. The zero-order valence-electron chi connectivity index (χ0n) is 14.2. The van der Waals surface area contributed by atoms with Crippen LogP contribution in [0.25, 0.3) is 11.0 Å². The van der Waals surface area contributed by atoms with Crippen LogP contribution in [0.3, 0.4) is 0 Å². The molecule has 23 heavy (non-hydrogen) atoms. The molecule has 2 aliphatic rings. The number of ether oxygens (including phenoxy) is 1. The van der Waals surface area contributed by atoms with Gasteiger partial charge in [0.2, 0.25) is 0 Å². The quantitative estimate of drug-likeness (QED) is 0.852. The van der Waals surface area contributed by atoms with Crippen LogP contribution < -0.4 is 4.90 Å². The maximum Gasteiger partial charge on any atom is 0.163 e. The molecule has 1 aliphatic carbocycles. The highest BCUT2D eigenvalue weighted by molar-refractivity contribution is 5.87. The molecular weight excluding hydrogens is 290 g/mol. The van der Waals surface area contributed by atoms with E-state index in [4.69, 9.17) is 9.72 Å². The van der Waals surface area contributed by atoms with Crippen LogP contribution in [0.4, 0.5) is 5.82 Å². The van der Waals surface area contributed by atoms with Crippen molar-refractivity contribution in [2.75, 3.05) is 25.1 Å². The first-order valence-corrected chi connectivity index (χ1v) is 8.57. The van der Waals surface area contributed by atoms with Crippen LogP contribution in [0.1, 0.15) is 37.9 Å². The van der Waals surface area contributed by atoms with E-state index in [2.05, 4.69) is 15.0 Å². The van der Waals surface area contributed by atoms with Crippen molar-refractivity contribution in [3.05, 3.63) is 12.0 Å². The third-order valence-corrected chi connectivity index (χ3v) is 5.70. The fraction of sp³-hybridized carbons (Fsp3) is 0.706. The minimum Gasteiger partial charge on any atom is -0.381 e. The molecule has 2 aromatic rings. The molecule has 2 aromatic heterocycles. The van der Waals surface area contributed by atoms with Gasteiger partial charge in [-0.2, -0.15) is 5.10 Å². The highest BCUT2D eigenvalue weighted by atomic mass is 16.5. The van der Waals surface area contributed by atoms with Crippen LogP contribution in [0.5, 0.6) is 0 Å². The van der Waals surface area contributed by atoms with Gasteiger partial charge < -0.3 is 9.64 Å². The molecule has 0 aromatic carbocycles. The molecule has 0 bridgehead atoms. The fourth-order valence-corrected chi connectivity index (χ4v) is 4.64. The Morgan fingerprint density at radius 2 is 2.09 bits per heavy atom. The highest BCUT2D eigenvalue weighted by Crippen LogP contribution is 2.47. The van der Waals surface area contributed by atoms with Gasteiger partial charge in [-0.25, -0.2) is 9.97 Å². The monoisotopic (exact) mass is 315 g/mol. The molecule has 3 heterocycles. The van der Waals surface area contributed by atoms with E-state index in [0.29, 0.717) is 11.5 Å².